The summed E-state index contributed by atoms with van der Waals surface area (Å²) >= 11 is 0. The second-order valence-electron chi connectivity index (χ2n) is 10.6. The number of hydrogen-bond donors (Lipinski definition) is 3. The third-order valence-corrected chi connectivity index (χ3v) is 9.40. The molecule has 28 heavy (non-hydrogen) atoms. The van der Waals surface area contributed by atoms with Gasteiger partial charge in [-0.2, -0.15) is 0 Å². The fourth-order valence-corrected chi connectivity index (χ4v) is 8.02. The van der Waals surface area contributed by atoms with E-state index in [0.717, 1.165) is 25.7 Å². The van der Waals surface area contributed by atoms with Gasteiger partial charge in [0, 0.05) is 11.9 Å². The second-order valence-corrected chi connectivity index (χ2v) is 10.6. The predicted molar refractivity (Wildman–Crippen MR) is 109 cm³/mol. The lowest BCUT2D eigenvalue weighted by molar-refractivity contribution is -0.172. The van der Waals surface area contributed by atoms with Crippen LogP contribution in [0.3, 0.4) is 0 Å². The van der Waals surface area contributed by atoms with Gasteiger partial charge in [-0.05, 0) is 104 Å². The maximum atomic E-state index is 11.2. The molecular weight excluding hydrogens is 352 g/mol. The van der Waals surface area contributed by atoms with Crippen molar-refractivity contribution in [3.8, 4) is 0 Å². The Morgan fingerprint density at radius 3 is 2.57 bits per heavy atom. The van der Waals surface area contributed by atoms with Crippen LogP contribution in [0.4, 0.5) is 0 Å². The number of rotatable bonds is 4. The number of fused-ring (bicyclic) bond motifs is 5. The highest BCUT2D eigenvalue weighted by Crippen LogP contribution is 2.68. The van der Waals surface area contributed by atoms with Crippen LogP contribution in [0.2, 0.25) is 0 Å². The SMILES string of the molecule is [2H]C1([2H])C[C@@]2(C)[C@@H]3CC[C@]4(C)[C@H](CC[C@H]4[C@@H](C)CCC(=O)O)[C@H]3C[C@@H](O)[C@H]2C([2H])([2H])[C@@]1([2H])O. The van der Waals surface area contributed by atoms with Gasteiger partial charge in [0.15, 0.2) is 0 Å². The largest absolute Gasteiger partial charge is 0.481 e. The molecule has 160 valence electrons. The molecule has 3 N–H and O–H groups in total. The first kappa shape index (κ1) is 15.2. The van der Waals surface area contributed by atoms with Crippen LogP contribution in [0, 0.1) is 46.3 Å². The zero-order chi connectivity index (χ0) is 24.8. The molecule has 0 radical (unpaired) electrons. The molecular formula is C24H40O4. The molecule has 0 unspecified atom stereocenters. The zero-order valence-electron chi connectivity index (χ0n) is 22.4. The van der Waals surface area contributed by atoms with Crippen molar-refractivity contribution in [1.29, 1.82) is 0 Å². The summed E-state index contributed by atoms with van der Waals surface area (Å²) in [5.74, 6) is -0.565. The molecule has 10 atom stereocenters. The van der Waals surface area contributed by atoms with E-state index in [-0.39, 0.29) is 30.1 Å². The molecule has 4 rings (SSSR count). The molecule has 4 aliphatic rings. The minimum Gasteiger partial charge on any atom is -0.481 e. The van der Waals surface area contributed by atoms with E-state index in [4.69, 9.17) is 12.0 Å². The molecule has 0 aromatic carbocycles. The first-order chi connectivity index (χ1) is 15.0. The summed E-state index contributed by atoms with van der Waals surface area (Å²) in [6, 6.07) is 0. The number of carboxylic acid groups (broad SMARTS) is 1. The van der Waals surface area contributed by atoms with E-state index in [1.165, 1.54) is 0 Å². The van der Waals surface area contributed by atoms with Crippen LogP contribution in [0.15, 0.2) is 0 Å². The number of hydrogen-bond acceptors (Lipinski definition) is 3. The van der Waals surface area contributed by atoms with Crippen molar-refractivity contribution >= 4 is 5.97 Å². The molecule has 0 spiro atoms. The molecule has 0 amide bonds. The highest BCUT2D eigenvalue weighted by molar-refractivity contribution is 5.66. The smallest absolute Gasteiger partial charge is 0.303 e. The van der Waals surface area contributed by atoms with E-state index in [1.807, 2.05) is 6.92 Å². The summed E-state index contributed by atoms with van der Waals surface area (Å²) in [4.78, 5) is 11.1. The van der Waals surface area contributed by atoms with Crippen LogP contribution in [0.25, 0.3) is 0 Å². The normalized spacial score (nSPS) is 60.5. The summed E-state index contributed by atoms with van der Waals surface area (Å²) in [5, 5.41) is 31.0. The molecule has 0 aromatic heterocycles. The van der Waals surface area contributed by atoms with Gasteiger partial charge in [-0.3, -0.25) is 4.79 Å². The maximum Gasteiger partial charge on any atom is 0.303 e. The Hall–Kier alpha value is -0.610. The Bertz CT molecular complexity index is 804. The maximum absolute atomic E-state index is 11.2. The van der Waals surface area contributed by atoms with E-state index < -0.39 is 42.2 Å². The van der Waals surface area contributed by atoms with Crippen molar-refractivity contribution in [3.05, 3.63) is 0 Å². The van der Waals surface area contributed by atoms with Crippen LogP contribution < -0.4 is 0 Å². The first-order valence-corrected chi connectivity index (χ1v) is 11.1. The Morgan fingerprint density at radius 2 is 1.86 bits per heavy atom. The number of aliphatic hydroxyl groups is 2. The highest BCUT2D eigenvalue weighted by Gasteiger charge is 2.62. The Kier molecular flexibility index (Phi) is 3.95. The number of aliphatic carboxylic acids is 1. The van der Waals surface area contributed by atoms with E-state index in [1.54, 1.807) is 0 Å². The quantitative estimate of drug-likeness (QED) is 0.654. The molecule has 4 nitrogen and oxygen atoms in total. The van der Waals surface area contributed by atoms with E-state index >= 15 is 0 Å². The molecule has 4 heteroatoms. The van der Waals surface area contributed by atoms with Crippen LogP contribution in [-0.2, 0) is 4.79 Å². The van der Waals surface area contributed by atoms with Crippen LogP contribution in [-0.4, -0.2) is 33.5 Å². The second kappa shape index (κ2) is 7.27. The van der Waals surface area contributed by atoms with Gasteiger partial charge in [0.05, 0.1) is 13.6 Å². The fraction of sp³-hybridized carbons (Fsp3) is 0.958. The van der Waals surface area contributed by atoms with Crippen molar-refractivity contribution in [2.75, 3.05) is 0 Å². The average molecular weight is 398 g/mol. The van der Waals surface area contributed by atoms with Crippen LogP contribution in [0.1, 0.15) is 91.7 Å². The number of aliphatic hydroxyl groups excluding tert-OH is 1. The standard InChI is InChI=1S/C24H40O4/c1-14(4-7-22(27)28)17-5-6-18-16-13-21(26)20-12-15(25)8-10-24(20,3)19(16)9-11-23(17,18)2/h14-21,25-26H,4-13H2,1-3H3,(H,27,28)/t14-,15-,16+,17-,18+,19+,20+,21+,23-,24-/m0/s1/i8D2,12D2,15D. The summed E-state index contributed by atoms with van der Waals surface area (Å²) < 4.78 is 42.3. The van der Waals surface area contributed by atoms with Crippen molar-refractivity contribution in [1.82, 2.24) is 0 Å². The highest BCUT2D eigenvalue weighted by atomic mass is 16.4. The van der Waals surface area contributed by atoms with Crippen molar-refractivity contribution < 1.29 is 27.0 Å². The fourth-order valence-electron chi connectivity index (χ4n) is 8.02. The topological polar surface area (TPSA) is 77.8 Å². The molecule has 0 saturated heterocycles. The lowest BCUT2D eigenvalue weighted by atomic mass is 9.44. The molecule has 0 aliphatic heterocycles. The van der Waals surface area contributed by atoms with Crippen LogP contribution in [0.5, 0.6) is 0 Å². The van der Waals surface area contributed by atoms with Gasteiger partial charge in [0.25, 0.3) is 0 Å². The Morgan fingerprint density at radius 1 is 1.14 bits per heavy atom. The molecule has 0 heterocycles. The first-order valence-electron chi connectivity index (χ1n) is 13.6. The molecule has 4 aliphatic carbocycles. The van der Waals surface area contributed by atoms with Gasteiger partial charge in [-0.1, -0.05) is 20.8 Å². The summed E-state index contributed by atoms with van der Waals surface area (Å²) in [6.07, 6.45) is -4.09. The van der Waals surface area contributed by atoms with Crippen molar-refractivity contribution in [2.45, 2.75) is 97.1 Å². The lowest BCUT2D eigenvalue weighted by Gasteiger charge is -2.62. The van der Waals surface area contributed by atoms with Gasteiger partial charge in [-0.25, -0.2) is 0 Å². The molecule has 4 saturated carbocycles. The summed E-state index contributed by atoms with van der Waals surface area (Å²) in [7, 11) is 0. The van der Waals surface area contributed by atoms with E-state index in [2.05, 4.69) is 13.8 Å². The monoisotopic (exact) mass is 397 g/mol. The van der Waals surface area contributed by atoms with Crippen LogP contribution >= 0.6 is 0 Å². The van der Waals surface area contributed by atoms with Gasteiger partial charge in [0.2, 0.25) is 0 Å². The molecule has 4 fully saturated rings. The Labute approximate surface area is 177 Å². The zero-order valence-corrected chi connectivity index (χ0v) is 17.4. The third kappa shape index (κ3) is 3.14. The summed E-state index contributed by atoms with van der Waals surface area (Å²) in [5.41, 5.74) is -0.818. The minimum absolute atomic E-state index is 0.0262. The predicted octanol–water partition coefficient (Wildman–Crippen LogP) is 4.48. The van der Waals surface area contributed by atoms with E-state index in [0.29, 0.717) is 30.6 Å². The van der Waals surface area contributed by atoms with Gasteiger partial charge < -0.3 is 15.3 Å². The van der Waals surface area contributed by atoms with Gasteiger partial charge >= 0.3 is 5.97 Å². The van der Waals surface area contributed by atoms with Gasteiger partial charge in [0.1, 0.15) is 0 Å². The Balaban J connectivity index is 1.65. The number of carboxylic acids is 1. The molecule has 0 bridgehead atoms. The third-order valence-electron chi connectivity index (χ3n) is 9.40. The van der Waals surface area contributed by atoms with Crippen molar-refractivity contribution in [3.63, 3.8) is 0 Å². The van der Waals surface area contributed by atoms with Crippen molar-refractivity contribution in [2.24, 2.45) is 46.3 Å². The lowest BCUT2D eigenvalue weighted by Crippen LogP contribution is -2.58. The number of carbonyl (C=O) groups is 1. The average Bonchev–Trinajstić information content (AvgIpc) is 3.01. The van der Waals surface area contributed by atoms with E-state index in [9.17, 15) is 15.0 Å². The minimum atomic E-state index is -2.92. The van der Waals surface area contributed by atoms with Gasteiger partial charge in [-0.15, -0.1) is 0 Å². The summed E-state index contributed by atoms with van der Waals surface area (Å²) in [6.45, 7) is 6.35. The molecule has 0 aromatic rings.